The van der Waals surface area contributed by atoms with E-state index in [0.29, 0.717) is 27.1 Å². The minimum absolute atomic E-state index is 0.0131. The molecule has 0 atom stereocenters. The van der Waals surface area contributed by atoms with Crippen molar-refractivity contribution in [3.05, 3.63) is 38.3 Å². The molecule has 0 fully saturated rings. The molecule has 2 aromatic rings. The van der Waals surface area contributed by atoms with Crippen LogP contribution in [-0.2, 0) is 13.0 Å². The molecule has 8 heteroatoms. The molecular weight excluding hydrogens is 355 g/mol. The molecular formula is C15H20Cl2N4OS. The molecule has 126 valence electrons. The van der Waals surface area contributed by atoms with E-state index in [1.807, 2.05) is 19.9 Å². The van der Waals surface area contributed by atoms with Crippen molar-refractivity contribution in [1.29, 1.82) is 0 Å². The summed E-state index contributed by atoms with van der Waals surface area (Å²) in [5, 5.41) is 8.08. The summed E-state index contributed by atoms with van der Waals surface area (Å²) in [5.41, 5.74) is 4.11. The summed E-state index contributed by atoms with van der Waals surface area (Å²) >= 11 is 17.6. The van der Waals surface area contributed by atoms with Gasteiger partial charge in [0.05, 0.1) is 17.7 Å². The van der Waals surface area contributed by atoms with Gasteiger partial charge in [-0.15, -0.1) is 0 Å². The fourth-order valence-corrected chi connectivity index (χ4v) is 2.96. The number of hydrogen-bond donors (Lipinski definition) is 2. The van der Waals surface area contributed by atoms with Crippen molar-refractivity contribution >= 4 is 35.4 Å². The Morgan fingerprint density at radius 2 is 2.13 bits per heavy atom. The number of benzene rings is 1. The van der Waals surface area contributed by atoms with Gasteiger partial charge in [0.15, 0.2) is 5.82 Å². The number of H-pyrrole nitrogens is 1. The van der Waals surface area contributed by atoms with Crippen LogP contribution in [0.25, 0.3) is 0 Å². The first-order chi connectivity index (χ1) is 10.9. The predicted molar refractivity (Wildman–Crippen MR) is 96.7 cm³/mol. The Morgan fingerprint density at radius 3 is 2.78 bits per heavy atom. The van der Waals surface area contributed by atoms with E-state index in [4.69, 9.17) is 40.2 Å². The molecule has 0 aliphatic carbocycles. The molecule has 23 heavy (non-hydrogen) atoms. The van der Waals surface area contributed by atoms with Gasteiger partial charge in [-0.2, -0.15) is 5.10 Å². The fraction of sp³-hybridized carbons (Fsp3) is 0.467. The van der Waals surface area contributed by atoms with Crippen molar-refractivity contribution < 1.29 is 4.74 Å². The summed E-state index contributed by atoms with van der Waals surface area (Å²) in [5.74, 6) is 1.49. The van der Waals surface area contributed by atoms with Gasteiger partial charge in [0.25, 0.3) is 0 Å². The van der Waals surface area contributed by atoms with Gasteiger partial charge in [0.1, 0.15) is 5.75 Å². The third-order valence-electron chi connectivity index (χ3n) is 3.08. The Morgan fingerprint density at radius 1 is 1.39 bits per heavy atom. The van der Waals surface area contributed by atoms with Gasteiger partial charge in [-0.3, -0.25) is 5.10 Å². The number of aryl methyl sites for hydroxylation is 1. The number of nitrogens with zero attached hydrogens (tertiary/aromatic N) is 2. The lowest BCUT2D eigenvalue weighted by atomic mass is 10.2. The second-order valence-corrected chi connectivity index (χ2v) is 6.64. The molecule has 0 amide bonds. The number of nitrogens with one attached hydrogen (secondary N) is 2. The highest BCUT2D eigenvalue weighted by Gasteiger charge is 2.13. The van der Waals surface area contributed by atoms with E-state index in [1.54, 1.807) is 10.7 Å². The Labute approximate surface area is 150 Å². The monoisotopic (exact) mass is 374 g/mol. The smallest absolute Gasteiger partial charge is 0.214 e. The molecule has 5 nitrogen and oxygen atoms in total. The Kier molecular flexibility index (Phi) is 6.33. The van der Waals surface area contributed by atoms with Gasteiger partial charge in [-0.05, 0) is 44.6 Å². The second kappa shape index (κ2) is 8.04. The quantitative estimate of drug-likeness (QED) is 0.687. The summed E-state index contributed by atoms with van der Waals surface area (Å²) in [6, 6.07) is 3.51. The number of rotatable bonds is 7. The largest absolute Gasteiger partial charge is 0.489 e. The Bertz CT molecular complexity index is 727. The number of halogens is 2. The summed E-state index contributed by atoms with van der Waals surface area (Å²) in [4.78, 5) is 0. The number of aromatic nitrogens is 3. The maximum Gasteiger partial charge on any atom is 0.214 e. The minimum atomic E-state index is 0.0131. The Balaban J connectivity index is 2.26. The average molecular weight is 375 g/mol. The van der Waals surface area contributed by atoms with E-state index in [-0.39, 0.29) is 6.10 Å². The number of ether oxygens (including phenoxy) is 1. The van der Waals surface area contributed by atoms with Crippen molar-refractivity contribution in [2.75, 3.05) is 5.43 Å². The molecule has 0 radical (unpaired) electrons. The molecule has 0 saturated carbocycles. The van der Waals surface area contributed by atoms with Gasteiger partial charge in [0, 0.05) is 17.0 Å². The SMILES string of the molecule is CCCc1n[nH]c(=S)n1NCc1cc(Cl)cc(Cl)c1OC(C)C. The zero-order valence-electron chi connectivity index (χ0n) is 13.3. The molecule has 0 aliphatic heterocycles. The lowest BCUT2D eigenvalue weighted by molar-refractivity contribution is 0.240. The van der Waals surface area contributed by atoms with E-state index < -0.39 is 0 Å². The maximum atomic E-state index is 6.27. The summed E-state index contributed by atoms with van der Waals surface area (Å²) in [7, 11) is 0. The molecule has 2 rings (SSSR count). The van der Waals surface area contributed by atoms with Crippen LogP contribution in [0.4, 0.5) is 0 Å². The van der Waals surface area contributed by atoms with Crippen LogP contribution in [-0.4, -0.2) is 21.0 Å². The van der Waals surface area contributed by atoms with Gasteiger partial charge in [0.2, 0.25) is 4.77 Å². The van der Waals surface area contributed by atoms with E-state index in [1.165, 1.54) is 0 Å². The van der Waals surface area contributed by atoms with Crippen LogP contribution in [0.15, 0.2) is 12.1 Å². The van der Waals surface area contributed by atoms with Crippen molar-refractivity contribution in [2.24, 2.45) is 0 Å². The molecule has 0 aliphatic rings. The van der Waals surface area contributed by atoms with E-state index in [9.17, 15) is 0 Å². The van der Waals surface area contributed by atoms with Crippen molar-refractivity contribution in [2.45, 2.75) is 46.3 Å². The first-order valence-electron chi connectivity index (χ1n) is 7.47. The maximum absolute atomic E-state index is 6.27. The number of aromatic amines is 1. The molecule has 1 aromatic carbocycles. The molecule has 1 aromatic heterocycles. The van der Waals surface area contributed by atoms with Crippen LogP contribution in [0.3, 0.4) is 0 Å². The fourth-order valence-electron chi connectivity index (χ4n) is 2.16. The van der Waals surface area contributed by atoms with Gasteiger partial charge < -0.3 is 10.2 Å². The average Bonchev–Trinajstić information content (AvgIpc) is 2.81. The summed E-state index contributed by atoms with van der Waals surface area (Å²) < 4.78 is 8.11. The highest BCUT2D eigenvalue weighted by atomic mass is 35.5. The van der Waals surface area contributed by atoms with Crippen LogP contribution >= 0.6 is 35.4 Å². The lowest BCUT2D eigenvalue weighted by Crippen LogP contribution is -2.19. The van der Waals surface area contributed by atoms with Gasteiger partial charge in [-0.25, -0.2) is 4.68 Å². The molecule has 0 spiro atoms. The minimum Gasteiger partial charge on any atom is -0.489 e. The molecule has 0 unspecified atom stereocenters. The Hall–Kier alpha value is -1.24. The van der Waals surface area contributed by atoms with E-state index in [0.717, 1.165) is 24.2 Å². The predicted octanol–water partition coefficient (Wildman–Crippen LogP) is 4.73. The normalized spacial score (nSPS) is 11.0. The van der Waals surface area contributed by atoms with Crippen LogP contribution < -0.4 is 10.2 Å². The van der Waals surface area contributed by atoms with Crippen molar-refractivity contribution in [3.8, 4) is 5.75 Å². The molecule has 0 bridgehead atoms. The zero-order chi connectivity index (χ0) is 17.0. The lowest BCUT2D eigenvalue weighted by Gasteiger charge is -2.17. The van der Waals surface area contributed by atoms with Crippen molar-refractivity contribution in [1.82, 2.24) is 14.9 Å². The second-order valence-electron chi connectivity index (χ2n) is 5.41. The summed E-state index contributed by atoms with van der Waals surface area (Å²) in [6.07, 6.45) is 1.82. The summed E-state index contributed by atoms with van der Waals surface area (Å²) in [6.45, 7) is 6.46. The van der Waals surface area contributed by atoms with E-state index >= 15 is 0 Å². The first-order valence-corrected chi connectivity index (χ1v) is 8.63. The number of hydrogen-bond acceptors (Lipinski definition) is 4. The van der Waals surface area contributed by atoms with Crippen molar-refractivity contribution in [3.63, 3.8) is 0 Å². The first kappa shape index (κ1) is 18.1. The zero-order valence-corrected chi connectivity index (χ0v) is 15.6. The standard InChI is InChI=1S/C15H20Cl2N4OS/c1-4-5-13-19-20-15(23)21(13)18-8-10-6-11(16)7-12(17)14(10)22-9(2)3/h6-7,9,18H,4-5,8H2,1-3H3,(H,20,23). The van der Waals surface area contributed by atoms with Crippen LogP contribution in [0.2, 0.25) is 10.0 Å². The topological polar surface area (TPSA) is 54.9 Å². The highest BCUT2D eigenvalue weighted by Crippen LogP contribution is 2.33. The highest BCUT2D eigenvalue weighted by molar-refractivity contribution is 7.71. The third-order valence-corrected chi connectivity index (χ3v) is 3.85. The van der Waals surface area contributed by atoms with Crippen LogP contribution in [0.1, 0.15) is 38.6 Å². The van der Waals surface area contributed by atoms with Gasteiger partial charge >= 0.3 is 0 Å². The van der Waals surface area contributed by atoms with Gasteiger partial charge in [-0.1, -0.05) is 30.1 Å². The van der Waals surface area contributed by atoms with Crippen LogP contribution in [0.5, 0.6) is 5.75 Å². The third kappa shape index (κ3) is 4.62. The molecule has 2 N–H and O–H groups in total. The molecule has 0 saturated heterocycles. The van der Waals surface area contributed by atoms with E-state index in [2.05, 4.69) is 22.5 Å². The molecule has 1 heterocycles. The van der Waals surface area contributed by atoms with Crippen LogP contribution in [0, 0.1) is 4.77 Å².